The number of imide groups is 1. The van der Waals surface area contributed by atoms with Gasteiger partial charge in [-0.1, -0.05) is 26.0 Å². The Hall–Kier alpha value is -1.65. The van der Waals surface area contributed by atoms with Gasteiger partial charge in [-0.25, -0.2) is 0 Å². The minimum absolute atomic E-state index is 0.128. The van der Waals surface area contributed by atoms with Gasteiger partial charge in [0, 0.05) is 6.54 Å². The van der Waals surface area contributed by atoms with Gasteiger partial charge in [0.1, 0.15) is 6.54 Å². The predicted molar refractivity (Wildman–Crippen MR) is 72.3 cm³/mol. The number of likely N-dealkylation sites (tertiary alicyclic amines) is 1. The Kier molecular flexibility index (Phi) is 3.15. The van der Waals surface area contributed by atoms with E-state index in [1.54, 1.807) is 0 Å². The highest BCUT2D eigenvalue weighted by Crippen LogP contribution is 2.52. The fourth-order valence-electron chi connectivity index (χ4n) is 3.64. The monoisotopic (exact) mass is 276 g/mol. The van der Waals surface area contributed by atoms with Crippen LogP contribution >= 0.6 is 0 Å². The molecule has 0 aromatic rings. The number of hydrogen-bond donors (Lipinski definition) is 1. The largest absolute Gasteiger partial charge is 0.354 e. The van der Waals surface area contributed by atoms with E-state index in [9.17, 15) is 14.4 Å². The highest BCUT2D eigenvalue weighted by molar-refractivity contribution is 6.08. The van der Waals surface area contributed by atoms with E-state index >= 15 is 0 Å². The minimum Gasteiger partial charge on any atom is -0.354 e. The fourth-order valence-corrected chi connectivity index (χ4v) is 3.64. The summed E-state index contributed by atoms with van der Waals surface area (Å²) in [4.78, 5) is 37.7. The van der Waals surface area contributed by atoms with E-state index in [2.05, 4.69) is 17.5 Å². The maximum Gasteiger partial charge on any atom is 0.240 e. The van der Waals surface area contributed by atoms with E-state index in [0.29, 0.717) is 12.5 Å². The third-order valence-electron chi connectivity index (χ3n) is 4.57. The smallest absolute Gasteiger partial charge is 0.240 e. The van der Waals surface area contributed by atoms with Gasteiger partial charge in [0.25, 0.3) is 0 Å². The Morgan fingerprint density at radius 2 is 1.80 bits per heavy atom. The third-order valence-corrected chi connectivity index (χ3v) is 4.57. The van der Waals surface area contributed by atoms with E-state index in [0.717, 1.165) is 11.3 Å². The summed E-state index contributed by atoms with van der Waals surface area (Å²) in [5.41, 5.74) is 0. The molecular formula is C15H20N2O3. The lowest BCUT2D eigenvalue weighted by Gasteiger charge is -2.17. The van der Waals surface area contributed by atoms with Gasteiger partial charge in [-0.3, -0.25) is 19.3 Å². The highest BCUT2D eigenvalue weighted by Gasteiger charge is 2.59. The molecule has 2 aliphatic carbocycles. The predicted octanol–water partition coefficient (Wildman–Crippen LogP) is 0.566. The number of amides is 3. The van der Waals surface area contributed by atoms with Crippen molar-refractivity contribution in [3.8, 4) is 0 Å². The Bertz CT molecular complexity index is 467. The van der Waals surface area contributed by atoms with E-state index in [-0.39, 0.29) is 47.9 Å². The van der Waals surface area contributed by atoms with Gasteiger partial charge in [0.15, 0.2) is 0 Å². The molecule has 3 rings (SSSR count). The zero-order valence-electron chi connectivity index (χ0n) is 11.8. The van der Waals surface area contributed by atoms with Crippen LogP contribution in [0.5, 0.6) is 0 Å². The molecule has 5 heteroatoms. The van der Waals surface area contributed by atoms with Crippen molar-refractivity contribution >= 4 is 17.7 Å². The van der Waals surface area contributed by atoms with Gasteiger partial charge in [0.2, 0.25) is 17.7 Å². The molecule has 0 unspecified atom stereocenters. The van der Waals surface area contributed by atoms with Gasteiger partial charge >= 0.3 is 0 Å². The number of hydrogen-bond acceptors (Lipinski definition) is 3. The molecule has 1 heterocycles. The van der Waals surface area contributed by atoms with Gasteiger partial charge in [-0.15, -0.1) is 0 Å². The molecule has 0 radical (unpaired) electrons. The molecule has 4 atom stereocenters. The van der Waals surface area contributed by atoms with Crippen molar-refractivity contribution in [1.82, 2.24) is 10.2 Å². The van der Waals surface area contributed by atoms with Gasteiger partial charge in [-0.05, 0) is 24.2 Å². The standard InChI is InChI=1S/C15H20N2O3/c1-8(2)6-16-11(18)7-17-14(19)12-9-3-4-10(5-9)13(12)15(17)20/h3-4,8-10,12-13H,5-7H2,1-2H3,(H,16,18)/t9-,10-,12-,13-/m0/s1. The normalized spacial score (nSPS) is 34.2. The maximum absolute atomic E-state index is 12.4. The fraction of sp³-hybridized carbons (Fsp3) is 0.667. The maximum atomic E-state index is 12.4. The summed E-state index contributed by atoms with van der Waals surface area (Å²) in [6.07, 6.45) is 5.03. The highest BCUT2D eigenvalue weighted by atomic mass is 16.2. The van der Waals surface area contributed by atoms with Gasteiger partial charge in [-0.2, -0.15) is 0 Å². The summed E-state index contributed by atoms with van der Waals surface area (Å²) in [7, 11) is 0. The summed E-state index contributed by atoms with van der Waals surface area (Å²) >= 11 is 0. The molecule has 1 aliphatic heterocycles. The Morgan fingerprint density at radius 3 is 2.30 bits per heavy atom. The van der Waals surface area contributed by atoms with Crippen LogP contribution in [0.1, 0.15) is 20.3 Å². The Labute approximate surface area is 118 Å². The van der Waals surface area contributed by atoms with Crippen molar-refractivity contribution < 1.29 is 14.4 Å². The lowest BCUT2D eigenvalue weighted by atomic mass is 9.85. The lowest BCUT2D eigenvalue weighted by Crippen LogP contribution is -2.42. The molecule has 2 fully saturated rings. The van der Waals surface area contributed by atoms with Crippen molar-refractivity contribution in [2.24, 2.45) is 29.6 Å². The number of nitrogens with zero attached hydrogens (tertiary/aromatic N) is 1. The second-order valence-corrected chi connectivity index (χ2v) is 6.46. The summed E-state index contributed by atoms with van der Waals surface area (Å²) in [6.45, 7) is 4.44. The van der Waals surface area contributed by atoms with Gasteiger partial charge in [0.05, 0.1) is 11.8 Å². The summed E-state index contributed by atoms with van der Waals surface area (Å²) in [6, 6.07) is 0. The molecule has 1 N–H and O–H groups in total. The van der Waals surface area contributed by atoms with E-state index < -0.39 is 0 Å². The number of fused-ring (bicyclic) bond motifs is 5. The van der Waals surface area contributed by atoms with E-state index in [1.165, 1.54) is 0 Å². The van der Waals surface area contributed by atoms with E-state index in [4.69, 9.17) is 0 Å². The molecule has 0 aromatic carbocycles. The number of nitrogens with one attached hydrogen (secondary N) is 1. The van der Waals surface area contributed by atoms with Crippen LogP contribution in [0.25, 0.3) is 0 Å². The molecule has 3 amide bonds. The quantitative estimate of drug-likeness (QED) is 0.603. The van der Waals surface area contributed by atoms with Crippen molar-refractivity contribution in [3.05, 3.63) is 12.2 Å². The molecule has 20 heavy (non-hydrogen) atoms. The average Bonchev–Trinajstić information content (AvgIpc) is 3.06. The molecule has 2 bridgehead atoms. The van der Waals surface area contributed by atoms with Crippen molar-refractivity contribution in [3.63, 3.8) is 0 Å². The molecule has 3 aliphatic rings. The number of carbonyl (C=O) groups is 3. The van der Waals surface area contributed by atoms with Crippen molar-refractivity contribution in [2.75, 3.05) is 13.1 Å². The number of carbonyl (C=O) groups excluding carboxylic acids is 3. The molecule has 5 nitrogen and oxygen atoms in total. The van der Waals surface area contributed by atoms with Crippen molar-refractivity contribution in [1.29, 1.82) is 0 Å². The molecule has 0 spiro atoms. The Morgan fingerprint density at radius 1 is 1.25 bits per heavy atom. The zero-order valence-corrected chi connectivity index (χ0v) is 11.8. The third kappa shape index (κ3) is 1.96. The molecule has 0 aromatic heterocycles. The zero-order chi connectivity index (χ0) is 14.4. The van der Waals surface area contributed by atoms with Crippen LogP contribution in [-0.4, -0.2) is 35.7 Å². The number of rotatable bonds is 4. The summed E-state index contributed by atoms with van der Waals surface area (Å²) in [5, 5.41) is 2.75. The van der Waals surface area contributed by atoms with Crippen LogP contribution in [0.3, 0.4) is 0 Å². The van der Waals surface area contributed by atoms with Crippen LogP contribution in [0.4, 0.5) is 0 Å². The summed E-state index contributed by atoms with van der Waals surface area (Å²) < 4.78 is 0. The van der Waals surface area contributed by atoms with Gasteiger partial charge < -0.3 is 5.32 Å². The van der Waals surface area contributed by atoms with Crippen LogP contribution in [0, 0.1) is 29.6 Å². The summed E-state index contributed by atoms with van der Waals surface area (Å²) in [5.74, 6) is -0.238. The SMILES string of the molecule is CC(C)CNC(=O)CN1C(=O)[C@@H]2[C@@H](C1=O)[C@H]1C=C[C@H]2C1. The molecular weight excluding hydrogens is 256 g/mol. The first kappa shape index (κ1) is 13.3. The number of allylic oxidation sites excluding steroid dienone is 2. The van der Waals surface area contributed by atoms with Crippen LogP contribution in [0.2, 0.25) is 0 Å². The first-order valence-corrected chi connectivity index (χ1v) is 7.29. The first-order valence-electron chi connectivity index (χ1n) is 7.29. The molecule has 108 valence electrons. The second-order valence-electron chi connectivity index (χ2n) is 6.46. The first-order chi connectivity index (χ1) is 9.49. The van der Waals surface area contributed by atoms with Crippen molar-refractivity contribution in [2.45, 2.75) is 20.3 Å². The molecule has 1 saturated carbocycles. The lowest BCUT2D eigenvalue weighted by molar-refractivity contribution is -0.144. The minimum atomic E-state index is -0.249. The van der Waals surface area contributed by atoms with E-state index in [1.807, 2.05) is 13.8 Å². The average molecular weight is 276 g/mol. The van der Waals surface area contributed by atoms with Crippen LogP contribution in [-0.2, 0) is 14.4 Å². The second kappa shape index (κ2) is 4.72. The molecule has 1 saturated heterocycles. The van der Waals surface area contributed by atoms with Crippen LogP contribution < -0.4 is 5.32 Å². The topological polar surface area (TPSA) is 66.5 Å². The van der Waals surface area contributed by atoms with Crippen LogP contribution in [0.15, 0.2) is 12.2 Å². The Balaban J connectivity index is 1.66.